The highest BCUT2D eigenvalue weighted by Gasteiger charge is 2.27. The van der Waals surface area contributed by atoms with Crippen LogP contribution in [0.15, 0.2) is 114 Å². The van der Waals surface area contributed by atoms with Gasteiger partial charge in [-0.15, -0.1) is 16.4 Å². The Balaban J connectivity index is 1.30. The van der Waals surface area contributed by atoms with Gasteiger partial charge >= 0.3 is 0 Å². The molecule has 0 amide bonds. The number of aromatic nitrogens is 3. The van der Waals surface area contributed by atoms with Gasteiger partial charge in [-0.1, -0.05) is 153 Å². The fourth-order valence-electron chi connectivity index (χ4n) is 9.33. The maximum Gasteiger partial charge on any atom is 0.167 e. The molecule has 4 nitrogen and oxygen atoms in total. The first kappa shape index (κ1) is 39.5. The monoisotopic (exact) mass is 759 g/mol. The minimum Gasteiger partial charge on any atom is -0.456 e. The first-order valence-corrected chi connectivity index (χ1v) is 21.0. The van der Waals surface area contributed by atoms with Crippen molar-refractivity contribution in [2.24, 2.45) is 0 Å². The van der Waals surface area contributed by atoms with Crippen molar-refractivity contribution in [3.8, 4) is 67.5 Å². The summed E-state index contributed by atoms with van der Waals surface area (Å²) in [6, 6.07) is 37.9. The molecule has 2 heterocycles. The van der Waals surface area contributed by atoms with E-state index in [4.69, 9.17) is 19.4 Å². The van der Waals surface area contributed by atoms with Crippen LogP contribution in [-0.4, -0.2) is 101 Å². The number of benzene rings is 7. The zero-order chi connectivity index (χ0) is 42.1. The molecule has 2 aromatic heterocycles. The Hall–Kier alpha value is -5.94. The van der Waals surface area contributed by atoms with Gasteiger partial charge in [0.25, 0.3) is 0 Å². The average molecular weight is 758 g/mol. The van der Waals surface area contributed by atoms with E-state index >= 15 is 0 Å². The Morgan fingerprint density at radius 2 is 0.600 bits per heavy atom. The summed E-state index contributed by atoms with van der Waals surface area (Å²) in [5.41, 5.74) is 25.7. The van der Waals surface area contributed by atoms with Gasteiger partial charge in [-0.2, -0.15) is 0 Å². The molecule has 60 heavy (non-hydrogen) atoms. The van der Waals surface area contributed by atoms with Crippen molar-refractivity contribution in [2.75, 3.05) is 0 Å². The topological polar surface area (TPSA) is 51.8 Å². The van der Waals surface area contributed by atoms with Crippen LogP contribution in [-0.2, 0) is 0 Å². The van der Waals surface area contributed by atoms with Crippen LogP contribution in [0.4, 0.5) is 0 Å². The zero-order valence-corrected chi connectivity index (χ0v) is 36.6. The number of hydrogen-bond donors (Lipinski definition) is 0. The van der Waals surface area contributed by atoms with E-state index in [1.807, 2.05) is 12.1 Å². The number of hydrogen-bond acceptors (Lipinski definition) is 4. The summed E-state index contributed by atoms with van der Waals surface area (Å²) in [6.45, 7) is 0. The fraction of sp³-hybridized carbons (Fsp3) is 0. The molecule has 0 atom stereocenters. The molecule has 0 saturated heterocycles. The predicted molar refractivity (Wildman–Crippen MR) is 290 cm³/mol. The smallest absolute Gasteiger partial charge is 0.167 e. The van der Waals surface area contributed by atoms with Crippen LogP contribution in [0.3, 0.4) is 0 Å². The summed E-state index contributed by atoms with van der Waals surface area (Å²) < 4.78 is 7.19. The third-order valence-corrected chi connectivity index (χ3v) is 13.6. The second-order valence-corrected chi connectivity index (χ2v) is 16.7. The normalized spacial score (nSPS) is 11.4. The van der Waals surface area contributed by atoms with Gasteiger partial charge in [0.1, 0.15) is 97.5 Å². The van der Waals surface area contributed by atoms with E-state index in [1.165, 1.54) is 76.8 Å². The standard InChI is InChI=1S/C45H40B11N3O/c46-30-25(26-31(47)37(53)39(55)38(54)32(26)48)33(49)40(56)42-27(30)28-34(50)36(52)35(51)29(41(28)60-42)45-58-43(23-15-11-21(12-16-23)19-7-3-1-4-8-19)57-44(59-45)24-17-13-22(14-18-24)20-9-5-2-6-10-20/h1-18H,46-56H2. The molecule has 274 valence electrons. The summed E-state index contributed by atoms with van der Waals surface area (Å²) in [4.78, 5) is 15.8. The molecule has 7 aromatic carbocycles. The lowest BCUT2D eigenvalue weighted by atomic mass is 9.57. The van der Waals surface area contributed by atoms with E-state index in [9.17, 15) is 0 Å². The van der Waals surface area contributed by atoms with Gasteiger partial charge in [0, 0.05) is 21.9 Å². The number of nitrogens with zero attached hydrogens (tertiary/aromatic N) is 3. The van der Waals surface area contributed by atoms with Gasteiger partial charge in [-0.3, -0.25) is 0 Å². The minimum absolute atomic E-state index is 0.600. The molecule has 0 fully saturated rings. The molecule has 0 bridgehead atoms. The van der Waals surface area contributed by atoms with Crippen LogP contribution in [0.1, 0.15) is 0 Å². The van der Waals surface area contributed by atoms with Crippen molar-refractivity contribution in [1.82, 2.24) is 15.0 Å². The Morgan fingerprint density at radius 3 is 1.08 bits per heavy atom. The highest BCUT2D eigenvalue weighted by Crippen LogP contribution is 2.34. The predicted octanol–water partition coefficient (Wildman–Crippen LogP) is -7.38. The molecule has 0 aliphatic carbocycles. The van der Waals surface area contributed by atoms with E-state index in [0.29, 0.717) is 17.5 Å². The summed E-state index contributed by atoms with van der Waals surface area (Å²) >= 11 is 0. The maximum atomic E-state index is 7.19. The fourth-order valence-corrected chi connectivity index (χ4v) is 9.33. The maximum absolute atomic E-state index is 7.19. The summed E-state index contributed by atoms with van der Waals surface area (Å²) in [5.74, 6) is 1.83. The number of rotatable bonds is 6. The van der Waals surface area contributed by atoms with E-state index < -0.39 is 0 Å². The van der Waals surface area contributed by atoms with Crippen LogP contribution in [0, 0.1) is 0 Å². The van der Waals surface area contributed by atoms with Crippen molar-refractivity contribution in [2.45, 2.75) is 0 Å². The lowest BCUT2D eigenvalue weighted by molar-refractivity contribution is 0.673. The molecule has 0 N–H and O–H groups in total. The van der Waals surface area contributed by atoms with Gasteiger partial charge in [0.05, 0.1) is 5.56 Å². The van der Waals surface area contributed by atoms with Crippen molar-refractivity contribution >= 4 is 168 Å². The van der Waals surface area contributed by atoms with E-state index in [-0.39, 0.29) is 0 Å². The van der Waals surface area contributed by atoms with Crippen molar-refractivity contribution in [3.63, 3.8) is 0 Å². The quantitative estimate of drug-likeness (QED) is 0.159. The Kier molecular flexibility index (Phi) is 10.1. The van der Waals surface area contributed by atoms with Gasteiger partial charge in [-0.25, -0.2) is 15.0 Å². The first-order valence-electron chi connectivity index (χ1n) is 21.0. The van der Waals surface area contributed by atoms with E-state index in [1.54, 1.807) is 0 Å². The summed E-state index contributed by atoms with van der Waals surface area (Å²) in [5, 5.41) is 2.30. The van der Waals surface area contributed by atoms with Crippen molar-refractivity contribution in [1.29, 1.82) is 0 Å². The molecule has 15 heteroatoms. The Morgan fingerprint density at radius 1 is 0.267 bits per heavy atom. The molecule has 9 aromatic rings. The highest BCUT2D eigenvalue weighted by atomic mass is 16.3. The Labute approximate surface area is 362 Å². The Bertz CT molecular complexity index is 3060. The third kappa shape index (κ3) is 6.36. The van der Waals surface area contributed by atoms with Crippen LogP contribution in [0.2, 0.25) is 0 Å². The van der Waals surface area contributed by atoms with Crippen LogP contribution in [0.25, 0.3) is 89.5 Å². The molecule has 0 radical (unpaired) electrons. The average Bonchev–Trinajstić information content (AvgIpc) is 3.69. The number of furan rings is 1. The lowest BCUT2D eigenvalue weighted by Gasteiger charge is -2.25. The van der Waals surface area contributed by atoms with Crippen LogP contribution < -0.4 is 60.1 Å². The molecule has 9 rings (SSSR count). The van der Waals surface area contributed by atoms with Crippen molar-refractivity contribution < 1.29 is 4.42 Å². The largest absolute Gasteiger partial charge is 0.456 e. The zero-order valence-electron chi connectivity index (χ0n) is 36.6. The molecule has 0 aliphatic heterocycles. The summed E-state index contributed by atoms with van der Waals surface area (Å²) in [7, 11) is 24.7. The lowest BCUT2D eigenvalue weighted by Crippen LogP contribution is -2.56. The van der Waals surface area contributed by atoms with Gasteiger partial charge in [0.2, 0.25) is 0 Å². The van der Waals surface area contributed by atoms with Gasteiger partial charge < -0.3 is 4.42 Å². The second-order valence-electron chi connectivity index (χ2n) is 16.7. The van der Waals surface area contributed by atoms with Crippen molar-refractivity contribution in [3.05, 3.63) is 109 Å². The van der Waals surface area contributed by atoms with E-state index in [0.717, 1.165) is 55.3 Å². The molecule has 0 spiro atoms. The second kappa shape index (κ2) is 15.3. The van der Waals surface area contributed by atoms with Crippen LogP contribution in [0.5, 0.6) is 0 Å². The molecule has 0 saturated carbocycles. The van der Waals surface area contributed by atoms with Gasteiger partial charge in [0.15, 0.2) is 17.5 Å². The van der Waals surface area contributed by atoms with Crippen LogP contribution >= 0.6 is 0 Å². The number of fused-ring (bicyclic) bond motifs is 3. The first-order chi connectivity index (χ1) is 28.8. The molecular formula is C45H40B11N3O. The molecule has 0 unspecified atom stereocenters. The summed E-state index contributed by atoms with van der Waals surface area (Å²) in [6.07, 6.45) is 0. The highest BCUT2D eigenvalue weighted by molar-refractivity contribution is 6.71. The minimum atomic E-state index is 0.600. The molecular weight excluding hydrogens is 717 g/mol. The molecule has 0 aliphatic rings. The van der Waals surface area contributed by atoms with E-state index in [2.05, 4.69) is 183 Å². The SMILES string of the molecule is Bc1c(B)c(B)c(-c2c(B)c(B)c3oc4c(-c5nc(-c6ccc(-c7ccccc7)cc6)nc(-c6ccc(-c7ccccc7)cc6)n5)c(B)c(B)c(B)c4c3c2B)c(B)c1B. The third-order valence-electron chi connectivity index (χ3n) is 13.6. The van der Waals surface area contributed by atoms with Gasteiger partial charge in [-0.05, 0) is 33.4 Å².